The molecule has 0 rings (SSSR count). The molecular weight excluding hydrogens is 240 g/mol. The summed E-state index contributed by atoms with van der Waals surface area (Å²) in [6.45, 7) is 0. The fraction of sp³-hybridized carbons (Fsp3) is 0.750. The predicted octanol–water partition coefficient (Wildman–Crippen LogP) is 1.82. The third-order valence-electron chi connectivity index (χ3n) is 0.524. The van der Waals surface area contributed by atoms with Crippen molar-refractivity contribution >= 4 is 38.9 Å². The molecule has 0 heterocycles. The Hall–Kier alpha value is 0.430. The van der Waals surface area contributed by atoms with Crippen LogP contribution in [0.15, 0.2) is 0 Å². The number of hydrogen-bond donors (Lipinski definition) is 1. The smallest absolute Gasteiger partial charge is 0.303 e. The van der Waals surface area contributed by atoms with Crippen molar-refractivity contribution < 1.29 is 9.90 Å². The molecule has 0 unspecified atom stereocenters. The quantitative estimate of drug-likeness (QED) is 0.773. The molecular formula is C4H8Br2O2. The molecule has 0 fully saturated rings. The first kappa shape index (κ1) is 11.3. The average molecular weight is 248 g/mol. The van der Waals surface area contributed by atoms with Gasteiger partial charge in [-0.15, -0.1) is 17.0 Å². The van der Waals surface area contributed by atoms with E-state index in [0.717, 1.165) is 11.8 Å². The number of hydrogen-bond acceptors (Lipinski definition) is 1. The number of carbonyl (C=O) groups is 1. The molecule has 0 saturated carbocycles. The molecule has 0 amide bonds. The van der Waals surface area contributed by atoms with E-state index in [1.165, 1.54) is 0 Å². The lowest BCUT2D eigenvalue weighted by Crippen LogP contribution is -1.93. The van der Waals surface area contributed by atoms with Crippen molar-refractivity contribution in [2.45, 2.75) is 12.8 Å². The number of carboxylic acids is 1. The van der Waals surface area contributed by atoms with E-state index in [9.17, 15) is 4.79 Å². The van der Waals surface area contributed by atoms with Gasteiger partial charge in [0.25, 0.3) is 0 Å². The Morgan fingerprint density at radius 1 is 1.62 bits per heavy atom. The third kappa shape index (κ3) is 9.66. The standard InChI is InChI=1S/C4H7BrO2.BrH/c5-3-1-2-4(6)7;/h1-3H2,(H,6,7);1H. The molecule has 8 heavy (non-hydrogen) atoms. The van der Waals surface area contributed by atoms with Crippen molar-refractivity contribution in [1.29, 1.82) is 0 Å². The first-order valence-electron chi connectivity index (χ1n) is 2.05. The molecule has 50 valence electrons. The van der Waals surface area contributed by atoms with Crippen LogP contribution in [0.5, 0.6) is 0 Å². The largest absolute Gasteiger partial charge is 0.481 e. The molecule has 0 spiro atoms. The summed E-state index contributed by atoms with van der Waals surface area (Å²) in [4.78, 5) is 9.74. The van der Waals surface area contributed by atoms with E-state index in [1.807, 2.05) is 0 Å². The second-order valence-corrected chi connectivity index (χ2v) is 1.98. The Morgan fingerprint density at radius 3 is 2.25 bits per heavy atom. The highest BCUT2D eigenvalue weighted by Gasteiger charge is 1.91. The monoisotopic (exact) mass is 246 g/mol. The fourth-order valence-electron chi connectivity index (χ4n) is 0.218. The van der Waals surface area contributed by atoms with Crippen LogP contribution >= 0.6 is 32.9 Å². The minimum atomic E-state index is -0.723. The van der Waals surface area contributed by atoms with Crippen LogP contribution in [0, 0.1) is 0 Å². The van der Waals surface area contributed by atoms with Gasteiger partial charge in [0.1, 0.15) is 0 Å². The number of rotatable bonds is 3. The van der Waals surface area contributed by atoms with E-state index < -0.39 is 5.97 Å². The zero-order valence-electron chi connectivity index (χ0n) is 4.26. The van der Waals surface area contributed by atoms with E-state index in [0.29, 0.717) is 0 Å². The maximum absolute atomic E-state index is 9.74. The van der Waals surface area contributed by atoms with Crippen LogP contribution in [0.25, 0.3) is 0 Å². The van der Waals surface area contributed by atoms with Gasteiger partial charge in [-0.2, -0.15) is 0 Å². The highest BCUT2D eigenvalue weighted by Crippen LogP contribution is 1.91. The zero-order chi connectivity index (χ0) is 5.70. The molecule has 1 N–H and O–H groups in total. The summed E-state index contributed by atoms with van der Waals surface area (Å²) in [6, 6.07) is 0. The molecule has 0 aliphatic carbocycles. The van der Waals surface area contributed by atoms with Gasteiger partial charge in [0.15, 0.2) is 0 Å². The van der Waals surface area contributed by atoms with E-state index in [4.69, 9.17) is 5.11 Å². The molecule has 0 aromatic rings. The van der Waals surface area contributed by atoms with Crippen molar-refractivity contribution in [2.75, 3.05) is 5.33 Å². The average Bonchev–Trinajstić information content (AvgIpc) is 1.61. The van der Waals surface area contributed by atoms with Crippen molar-refractivity contribution in [2.24, 2.45) is 0 Å². The lowest BCUT2D eigenvalue weighted by molar-refractivity contribution is -0.137. The second kappa shape index (κ2) is 7.43. The van der Waals surface area contributed by atoms with Crippen LogP contribution < -0.4 is 0 Å². The fourth-order valence-corrected chi connectivity index (χ4v) is 0.498. The van der Waals surface area contributed by atoms with Gasteiger partial charge in [0.2, 0.25) is 0 Å². The molecule has 4 heteroatoms. The van der Waals surface area contributed by atoms with Gasteiger partial charge in [0.05, 0.1) is 0 Å². The first-order valence-corrected chi connectivity index (χ1v) is 3.17. The SMILES string of the molecule is Br.O=C(O)CCCBr. The number of aliphatic carboxylic acids is 1. The third-order valence-corrected chi connectivity index (χ3v) is 1.09. The maximum Gasteiger partial charge on any atom is 0.303 e. The van der Waals surface area contributed by atoms with Gasteiger partial charge in [-0.05, 0) is 6.42 Å². The Kier molecular flexibility index (Phi) is 10.5. The maximum atomic E-state index is 9.74. The van der Waals surface area contributed by atoms with Gasteiger partial charge in [0, 0.05) is 11.8 Å². The molecule has 0 saturated heterocycles. The van der Waals surface area contributed by atoms with Crippen LogP contribution in [0.4, 0.5) is 0 Å². The Bertz CT molecular complexity index is 65.1. The van der Waals surface area contributed by atoms with E-state index in [2.05, 4.69) is 15.9 Å². The van der Waals surface area contributed by atoms with Crippen LogP contribution in [-0.2, 0) is 4.79 Å². The van der Waals surface area contributed by atoms with Crippen LogP contribution in [0.1, 0.15) is 12.8 Å². The molecule has 0 aliphatic rings. The molecule has 0 atom stereocenters. The predicted molar refractivity (Wildman–Crippen MR) is 41.0 cm³/mol. The summed E-state index contributed by atoms with van der Waals surface area (Å²) >= 11 is 3.11. The highest BCUT2D eigenvalue weighted by molar-refractivity contribution is 9.09. The van der Waals surface area contributed by atoms with Crippen molar-refractivity contribution in [1.82, 2.24) is 0 Å². The molecule has 0 radical (unpaired) electrons. The van der Waals surface area contributed by atoms with Gasteiger partial charge >= 0.3 is 5.97 Å². The first-order chi connectivity index (χ1) is 3.27. The summed E-state index contributed by atoms with van der Waals surface area (Å²) in [5.74, 6) is -0.723. The molecule has 0 aromatic carbocycles. The van der Waals surface area contributed by atoms with Gasteiger partial charge in [-0.1, -0.05) is 15.9 Å². The number of alkyl halides is 1. The molecule has 2 nitrogen and oxygen atoms in total. The Morgan fingerprint density at radius 2 is 2.12 bits per heavy atom. The number of carboxylic acid groups (broad SMARTS) is 1. The van der Waals surface area contributed by atoms with E-state index >= 15 is 0 Å². The summed E-state index contributed by atoms with van der Waals surface area (Å²) < 4.78 is 0. The summed E-state index contributed by atoms with van der Waals surface area (Å²) in [7, 11) is 0. The Labute approximate surface area is 67.2 Å². The minimum Gasteiger partial charge on any atom is -0.481 e. The molecule has 0 aromatic heterocycles. The van der Waals surface area contributed by atoms with E-state index in [1.54, 1.807) is 0 Å². The minimum absolute atomic E-state index is 0. The topological polar surface area (TPSA) is 37.3 Å². The van der Waals surface area contributed by atoms with Crippen molar-refractivity contribution in [3.05, 3.63) is 0 Å². The van der Waals surface area contributed by atoms with Gasteiger partial charge < -0.3 is 5.11 Å². The number of halogens is 2. The molecule has 0 aliphatic heterocycles. The summed E-state index contributed by atoms with van der Waals surface area (Å²) in [5.41, 5.74) is 0. The van der Waals surface area contributed by atoms with Crippen LogP contribution in [0.2, 0.25) is 0 Å². The summed E-state index contributed by atoms with van der Waals surface area (Å²) in [5, 5.41) is 8.80. The Balaban J connectivity index is 0. The summed E-state index contributed by atoms with van der Waals surface area (Å²) in [6.07, 6.45) is 0.987. The van der Waals surface area contributed by atoms with Crippen LogP contribution in [-0.4, -0.2) is 16.4 Å². The highest BCUT2D eigenvalue weighted by atomic mass is 79.9. The molecule has 0 bridgehead atoms. The lowest BCUT2D eigenvalue weighted by atomic mass is 10.3. The van der Waals surface area contributed by atoms with Crippen molar-refractivity contribution in [3.8, 4) is 0 Å². The second-order valence-electron chi connectivity index (χ2n) is 1.19. The van der Waals surface area contributed by atoms with Gasteiger partial charge in [-0.3, -0.25) is 4.79 Å². The van der Waals surface area contributed by atoms with Gasteiger partial charge in [-0.25, -0.2) is 0 Å². The van der Waals surface area contributed by atoms with E-state index in [-0.39, 0.29) is 23.4 Å². The zero-order valence-corrected chi connectivity index (χ0v) is 7.56. The van der Waals surface area contributed by atoms with Crippen LogP contribution in [0.3, 0.4) is 0 Å². The van der Waals surface area contributed by atoms with Crippen molar-refractivity contribution in [3.63, 3.8) is 0 Å². The lowest BCUT2D eigenvalue weighted by Gasteiger charge is -1.84. The normalized spacial score (nSPS) is 7.62.